The van der Waals surface area contributed by atoms with E-state index >= 15 is 0 Å². The lowest BCUT2D eigenvalue weighted by molar-refractivity contribution is 0.221. The highest BCUT2D eigenvalue weighted by Gasteiger charge is 2.23. The summed E-state index contributed by atoms with van der Waals surface area (Å²) in [5, 5.41) is 0. The fourth-order valence-electron chi connectivity index (χ4n) is 1.06. The quantitative estimate of drug-likeness (QED) is 0.761. The molecule has 0 bridgehead atoms. The Balaban J connectivity index is 3.43. The van der Waals surface area contributed by atoms with E-state index in [0.29, 0.717) is 0 Å². The lowest BCUT2D eigenvalue weighted by Gasteiger charge is -2.15. The van der Waals surface area contributed by atoms with Crippen molar-refractivity contribution >= 4 is 19.7 Å². The first-order valence-electron chi connectivity index (χ1n) is 4.06. The van der Waals surface area contributed by atoms with Crippen LogP contribution in [0.5, 0.6) is 0 Å². The zero-order chi connectivity index (χ0) is 11.9. The van der Waals surface area contributed by atoms with E-state index in [1.165, 1.54) is 19.9 Å². The van der Waals surface area contributed by atoms with E-state index < -0.39 is 25.4 Å². The molecule has 0 fully saturated rings. The Labute approximate surface area is 91.3 Å². The van der Waals surface area contributed by atoms with Crippen molar-refractivity contribution in [2.45, 2.75) is 24.4 Å². The molecule has 6 heteroatoms. The van der Waals surface area contributed by atoms with Gasteiger partial charge < -0.3 is 0 Å². The third-order valence-corrected chi connectivity index (χ3v) is 3.22. The summed E-state index contributed by atoms with van der Waals surface area (Å²) in [7, 11) is 0.810. The molecule has 1 aromatic rings. The monoisotopic (exact) mass is 254 g/mol. The fraction of sp³-hybridized carbons (Fsp3) is 0.333. The van der Waals surface area contributed by atoms with Crippen LogP contribution in [0.2, 0.25) is 0 Å². The van der Waals surface area contributed by atoms with Gasteiger partial charge in [0.05, 0.1) is 0 Å². The average Bonchev–Trinajstić information content (AvgIpc) is 2.00. The first-order valence-corrected chi connectivity index (χ1v) is 6.37. The van der Waals surface area contributed by atoms with Crippen LogP contribution in [0.15, 0.2) is 23.1 Å². The Bertz CT molecular complexity index is 477. The van der Waals surface area contributed by atoms with Crippen molar-refractivity contribution < 1.29 is 17.2 Å². The fourth-order valence-corrected chi connectivity index (χ4v) is 1.98. The zero-order valence-corrected chi connectivity index (χ0v) is 9.66. The third kappa shape index (κ3) is 2.89. The molecule has 0 aliphatic heterocycles. The third-order valence-electron chi connectivity index (χ3n) is 1.88. The molecule has 15 heavy (non-hydrogen) atoms. The number of rotatable bonds is 2. The summed E-state index contributed by atoms with van der Waals surface area (Å²) in [6, 6.07) is 2.96. The Kier molecular flexibility index (Phi) is 3.07. The van der Waals surface area contributed by atoms with Gasteiger partial charge in [-0.15, -0.1) is 0 Å². The van der Waals surface area contributed by atoms with Crippen LogP contribution >= 0.6 is 10.7 Å². The van der Waals surface area contributed by atoms with E-state index in [0.717, 1.165) is 12.1 Å². The maximum absolute atomic E-state index is 13.5. The molecule has 0 saturated heterocycles. The number of alkyl halides is 1. The molecule has 0 spiro atoms. The Morgan fingerprint density at radius 2 is 1.87 bits per heavy atom. The number of hydrogen-bond donors (Lipinski definition) is 0. The predicted octanol–water partition coefficient (Wildman–Crippen LogP) is 2.96. The second-order valence-electron chi connectivity index (χ2n) is 3.56. The molecule has 0 amide bonds. The van der Waals surface area contributed by atoms with Crippen LogP contribution in [0.1, 0.15) is 19.4 Å². The predicted molar refractivity (Wildman–Crippen MR) is 53.6 cm³/mol. The van der Waals surface area contributed by atoms with Gasteiger partial charge in [-0.3, -0.25) is 0 Å². The summed E-state index contributed by atoms with van der Waals surface area (Å²) in [6.45, 7) is 2.48. The average molecular weight is 255 g/mol. The van der Waals surface area contributed by atoms with Crippen molar-refractivity contribution in [2.24, 2.45) is 0 Å². The highest BCUT2D eigenvalue weighted by molar-refractivity contribution is 8.13. The Morgan fingerprint density at radius 1 is 1.33 bits per heavy atom. The van der Waals surface area contributed by atoms with Crippen LogP contribution in [0.25, 0.3) is 0 Å². The van der Waals surface area contributed by atoms with Crippen molar-refractivity contribution in [2.75, 3.05) is 0 Å². The van der Waals surface area contributed by atoms with Crippen molar-refractivity contribution in [3.8, 4) is 0 Å². The van der Waals surface area contributed by atoms with Crippen molar-refractivity contribution in [1.29, 1.82) is 0 Å². The van der Waals surface area contributed by atoms with Crippen LogP contribution in [0, 0.1) is 5.82 Å². The number of halogens is 3. The maximum Gasteiger partial charge on any atom is 0.264 e. The Hall–Kier alpha value is -0.680. The summed E-state index contributed by atoms with van der Waals surface area (Å²) in [6.07, 6.45) is 0. The van der Waals surface area contributed by atoms with Crippen LogP contribution < -0.4 is 0 Å². The van der Waals surface area contributed by atoms with Gasteiger partial charge in [-0.25, -0.2) is 17.2 Å². The van der Waals surface area contributed by atoms with Gasteiger partial charge in [-0.2, -0.15) is 0 Å². The van der Waals surface area contributed by atoms with Crippen LogP contribution in [-0.2, 0) is 14.7 Å². The molecule has 0 aliphatic rings. The molecule has 0 saturated carbocycles. The van der Waals surface area contributed by atoms with E-state index in [2.05, 4.69) is 0 Å². The summed E-state index contributed by atoms with van der Waals surface area (Å²) in [5.74, 6) is -0.988. The molecule has 0 N–H and O–H groups in total. The molecule has 0 atom stereocenters. The van der Waals surface area contributed by atoms with Gasteiger partial charge >= 0.3 is 0 Å². The molecule has 2 nitrogen and oxygen atoms in total. The van der Waals surface area contributed by atoms with Crippen molar-refractivity contribution in [3.05, 3.63) is 29.6 Å². The number of hydrogen-bond acceptors (Lipinski definition) is 2. The molecule has 1 rings (SSSR count). The van der Waals surface area contributed by atoms with Gasteiger partial charge in [0.15, 0.2) is 0 Å². The molecule has 0 heterocycles. The zero-order valence-electron chi connectivity index (χ0n) is 8.09. The van der Waals surface area contributed by atoms with E-state index in [-0.39, 0.29) is 5.56 Å². The summed E-state index contributed by atoms with van der Waals surface area (Å²) in [4.78, 5) is -0.701. The van der Waals surface area contributed by atoms with Gasteiger partial charge in [-0.05, 0) is 31.5 Å². The lowest BCUT2D eigenvalue weighted by atomic mass is 10.0. The first kappa shape index (κ1) is 12.4. The number of benzene rings is 1. The van der Waals surface area contributed by atoms with E-state index in [1.54, 1.807) is 0 Å². The van der Waals surface area contributed by atoms with E-state index in [9.17, 15) is 17.2 Å². The summed E-state index contributed by atoms with van der Waals surface area (Å²) < 4.78 is 48.4. The van der Waals surface area contributed by atoms with Crippen LogP contribution in [-0.4, -0.2) is 8.42 Å². The molecule has 1 aromatic carbocycles. The molecule has 0 aromatic heterocycles. The van der Waals surface area contributed by atoms with E-state index in [4.69, 9.17) is 10.7 Å². The van der Waals surface area contributed by atoms with Crippen molar-refractivity contribution in [1.82, 2.24) is 0 Å². The lowest BCUT2D eigenvalue weighted by Crippen LogP contribution is -2.10. The SMILES string of the molecule is CC(C)(F)c1ccc(F)c(S(=O)(=O)Cl)c1. The maximum atomic E-state index is 13.5. The largest absolute Gasteiger partial charge is 0.264 e. The van der Waals surface area contributed by atoms with E-state index in [1.807, 2.05) is 0 Å². The second-order valence-corrected chi connectivity index (χ2v) is 6.09. The highest BCUT2D eigenvalue weighted by Crippen LogP contribution is 2.29. The topological polar surface area (TPSA) is 34.1 Å². The van der Waals surface area contributed by atoms with Gasteiger partial charge in [0.25, 0.3) is 9.05 Å². The Morgan fingerprint density at radius 3 is 2.27 bits per heavy atom. The highest BCUT2D eigenvalue weighted by atomic mass is 35.7. The molecule has 0 unspecified atom stereocenters. The molecule has 0 aliphatic carbocycles. The summed E-state index contributed by atoms with van der Waals surface area (Å²) in [5.41, 5.74) is -1.69. The van der Waals surface area contributed by atoms with Gasteiger partial charge in [0, 0.05) is 10.7 Å². The minimum atomic E-state index is -4.19. The standard InChI is InChI=1S/C9H9ClF2O2S/c1-9(2,12)6-3-4-7(11)8(5-6)15(10,13)14/h3-5H,1-2H3. The molecular formula is C9H9ClF2O2S. The minimum Gasteiger partial charge on any atom is -0.239 e. The van der Waals surface area contributed by atoms with Crippen LogP contribution in [0.3, 0.4) is 0 Å². The van der Waals surface area contributed by atoms with Crippen LogP contribution in [0.4, 0.5) is 8.78 Å². The smallest absolute Gasteiger partial charge is 0.239 e. The van der Waals surface area contributed by atoms with Gasteiger partial charge in [0.1, 0.15) is 16.4 Å². The second kappa shape index (κ2) is 3.72. The minimum absolute atomic E-state index is 0.0584. The molecule has 0 radical (unpaired) electrons. The van der Waals surface area contributed by atoms with Gasteiger partial charge in [-0.1, -0.05) is 6.07 Å². The first-order chi connectivity index (χ1) is 6.62. The molecular weight excluding hydrogens is 246 g/mol. The van der Waals surface area contributed by atoms with Gasteiger partial charge in [0.2, 0.25) is 0 Å². The normalized spacial score (nSPS) is 12.9. The van der Waals surface area contributed by atoms with Crippen molar-refractivity contribution in [3.63, 3.8) is 0 Å². The molecule has 84 valence electrons. The summed E-state index contributed by atoms with van der Waals surface area (Å²) >= 11 is 0.